The third-order valence-corrected chi connectivity index (χ3v) is 6.60. The van der Waals surface area contributed by atoms with Crippen LogP contribution in [-0.4, -0.2) is 26.6 Å². The summed E-state index contributed by atoms with van der Waals surface area (Å²) in [6.07, 6.45) is 0.295. The number of carbonyl (C=O) groups is 2. The molecule has 0 radical (unpaired) electrons. The van der Waals surface area contributed by atoms with Crippen LogP contribution in [0.1, 0.15) is 38.4 Å². The van der Waals surface area contributed by atoms with Crippen LogP contribution in [0.25, 0.3) is 10.8 Å². The highest BCUT2D eigenvalue weighted by atomic mass is 79.9. The number of ketones is 1. The Balaban J connectivity index is 1.48. The second kappa shape index (κ2) is 9.09. The van der Waals surface area contributed by atoms with Crippen LogP contribution in [0, 0.1) is 13.8 Å². The standard InChI is InChI=1S/C26H23BrN2O3/c1-16-23(14-25(31)32)17(2)29(28-16)15-19-9-7-18(8-10-19)13-24(30)22-12-11-20-5-3-4-6-21(20)26(22)27/h3-12H,13-15H2,1-2H3,(H,31,32). The molecule has 0 aliphatic heterocycles. The fraction of sp³-hybridized carbons (Fsp3) is 0.192. The number of aliphatic carboxylic acids is 1. The minimum absolute atomic E-state index is 0.0248. The first-order valence-corrected chi connectivity index (χ1v) is 11.2. The van der Waals surface area contributed by atoms with E-state index >= 15 is 0 Å². The highest BCUT2D eigenvalue weighted by Crippen LogP contribution is 2.28. The maximum Gasteiger partial charge on any atom is 0.307 e. The van der Waals surface area contributed by atoms with Crippen molar-refractivity contribution in [3.8, 4) is 0 Å². The van der Waals surface area contributed by atoms with E-state index in [1.165, 1.54) is 0 Å². The van der Waals surface area contributed by atoms with Gasteiger partial charge in [0.05, 0.1) is 18.7 Å². The lowest BCUT2D eigenvalue weighted by Gasteiger charge is -2.09. The molecule has 0 aliphatic carbocycles. The monoisotopic (exact) mass is 490 g/mol. The van der Waals surface area contributed by atoms with Gasteiger partial charge >= 0.3 is 5.97 Å². The zero-order valence-electron chi connectivity index (χ0n) is 17.9. The smallest absolute Gasteiger partial charge is 0.307 e. The number of carboxylic acid groups (broad SMARTS) is 1. The number of carboxylic acids is 1. The molecule has 3 aromatic carbocycles. The molecule has 0 fully saturated rings. The minimum Gasteiger partial charge on any atom is -0.481 e. The molecule has 0 bridgehead atoms. The molecule has 4 rings (SSSR count). The molecular weight excluding hydrogens is 468 g/mol. The van der Waals surface area contributed by atoms with Crippen LogP contribution in [0.15, 0.2) is 65.1 Å². The Bertz CT molecular complexity index is 1320. The van der Waals surface area contributed by atoms with Gasteiger partial charge in [0.15, 0.2) is 5.78 Å². The molecule has 1 heterocycles. The molecule has 0 spiro atoms. The number of Topliss-reactive ketones (excluding diaryl/α,β-unsaturated/α-hetero) is 1. The number of aromatic nitrogens is 2. The first-order chi connectivity index (χ1) is 15.3. The number of carbonyl (C=O) groups excluding carboxylic acids is 1. The van der Waals surface area contributed by atoms with Crippen LogP contribution < -0.4 is 0 Å². The average Bonchev–Trinajstić information content (AvgIpc) is 3.02. The molecule has 162 valence electrons. The summed E-state index contributed by atoms with van der Waals surface area (Å²) in [4.78, 5) is 24.0. The van der Waals surface area contributed by atoms with Crippen molar-refractivity contribution in [2.75, 3.05) is 0 Å². The lowest BCUT2D eigenvalue weighted by molar-refractivity contribution is -0.136. The lowest BCUT2D eigenvalue weighted by Crippen LogP contribution is -2.07. The third-order valence-electron chi connectivity index (χ3n) is 5.74. The number of aryl methyl sites for hydroxylation is 1. The molecule has 0 aliphatic rings. The molecule has 0 amide bonds. The molecule has 0 saturated carbocycles. The number of hydrogen-bond donors (Lipinski definition) is 1. The van der Waals surface area contributed by atoms with Crippen LogP contribution in [0.2, 0.25) is 0 Å². The summed E-state index contributed by atoms with van der Waals surface area (Å²) in [5.41, 5.74) is 5.04. The SMILES string of the molecule is Cc1nn(Cc2ccc(CC(=O)c3ccc4ccccc4c3Br)cc2)c(C)c1CC(=O)O. The van der Waals surface area contributed by atoms with Crippen molar-refractivity contribution in [2.45, 2.75) is 33.2 Å². The molecule has 5 nitrogen and oxygen atoms in total. The van der Waals surface area contributed by atoms with E-state index in [1.807, 2.05) is 79.2 Å². The third kappa shape index (κ3) is 4.50. The molecule has 0 atom stereocenters. The summed E-state index contributed by atoms with van der Waals surface area (Å²) in [6.45, 7) is 4.28. The zero-order chi connectivity index (χ0) is 22.8. The van der Waals surface area contributed by atoms with Gasteiger partial charge in [-0.1, -0.05) is 54.6 Å². The van der Waals surface area contributed by atoms with Crippen molar-refractivity contribution >= 4 is 38.5 Å². The van der Waals surface area contributed by atoms with E-state index in [2.05, 4.69) is 21.0 Å². The summed E-state index contributed by atoms with van der Waals surface area (Å²) in [5, 5.41) is 15.7. The maximum absolute atomic E-state index is 12.9. The Morgan fingerprint density at radius 1 is 0.938 bits per heavy atom. The van der Waals surface area contributed by atoms with Gasteiger partial charge in [0, 0.05) is 27.7 Å². The van der Waals surface area contributed by atoms with E-state index in [9.17, 15) is 9.59 Å². The Hall–Kier alpha value is -3.25. The van der Waals surface area contributed by atoms with Gasteiger partial charge in [-0.25, -0.2) is 0 Å². The molecule has 4 aromatic rings. The maximum atomic E-state index is 12.9. The summed E-state index contributed by atoms with van der Waals surface area (Å²) < 4.78 is 2.67. The number of hydrogen-bond acceptors (Lipinski definition) is 3. The summed E-state index contributed by atoms with van der Waals surface area (Å²) in [5.74, 6) is -0.796. The Labute approximate surface area is 194 Å². The normalized spacial score (nSPS) is 11.1. The number of rotatable bonds is 7. The van der Waals surface area contributed by atoms with E-state index in [0.717, 1.165) is 43.3 Å². The van der Waals surface area contributed by atoms with Gasteiger partial charge < -0.3 is 5.11 Å². The Kier molecular flexibility index (Phi) is 6.24. The van der Waals surface area contributed by atoms with Crippen molar-refractivity contribution in [2.24, 2.45) is 0 Å². The van der Waals surface area contributed by atoms with Gasteiger partial charge in [0.25, 0.3) is 0 Å². The molecule has 1 aromatic heterocycles. The van der Waals surface area contributed by atoms with E-state index in [4.69, 9.17) is 5.11 Å². The summed E-state index contributed by atoms with van der Waals surface area (Å²) in [6, 6.07) is 19.7. The number of nitrogens with zero attached hydrogens (tertiary/aromatic N) is 2. The van der Waals surface area contributed by atoms with Crippen LogP contribution in [0.3, 0.4) is 0 Å². The molecular formula is C26H23BrN2O3. The highest BCUT2D eigenvalue weighted by molar-refractivity contribution is 9.10. The van der Waals surface area contributed by atoms with E-state index < -0.39 is 5.97 Å². The Morgan fingerprint density at radius 3 is 2.34 bits per heavy atom. The van der Waals surface area contributed by atoms with Crippen molar-refractivity contribution in [3.63, 3.8) is 0 Å². The van der Waals surface area contributed by atoms with Crippen molar-refractivity contribution in [1.82, 2.24) is 9.78 Å². The van der Waals surface area contributed by atoms with E-state index in [0.29, 0.717) is 18.5 Å². The minimum atomic E-state index is -0.858. The first kappa shape index (κ1) is 22.0. The first-order valence-electron chi connectivity index (χ1n) is 10.4. The predicted octanol–water partition coefficient (Wildman–Crippen LogP) is 5.52. The second-order valence-electron chi connectivity index (χ2n) is 7.94. The molecule has 0 saturated heterocycles. The van der Waals surface area contributed by atoms with Crippen molar-refractivity contribution in [3.05, 3.63) is 98.8 Å². The van der Waals surface area contributed by atoms with Crippen LogP contribution >= 0.6 is 15.9 Å². The lowest BCUT2D eigenvalue weighted by atomic mass is 9.99. The fourth-order valence-corrected chi connectivity index (χ4v) is 4.67. The number of fused-ring (bicyclic) bond motifs is 1. The van der Waals surface area contributed by atoms with Crippen molar-refractivity contribution < 1.29 is 14.7 Å². The topological polar surface area (TPSA) is 72.2 Å². The van der Waals surface area contributed by atoms with Gasteiger partial charge in [-0.2, -0.15) is 5.10 Å². The van der Waals surface area contributed by atoms with Gasteiger partial charge in [-0.15, -0.1) is 0 Å². The molecule has 1 N–H and O–H groups in total. The second-order valence-corrected chi connectivity index (χ2v) is 8.74. The van der Waals surface area contributed by atoms with Crippen LogP contribution in [-0.2, 0) is 24.2 Å². The molecule has 6 heteroatoms. The largest absolute Gasteiger partial charge is 0.481 e. The summed E-state index contributed by atoms with van der Waals surface area (Å²) >= 11 is 3.61. The highest BCUT2D eigenvalue weighted by Gasteiger charge is 2.15. The quantitative estimate of drug-likeness (QED) is 0.346. The van der Waals surface area contributed by atoms with Crippen molar-refractivity contribution in [1.29, 1.82) is 0 Å². The van der Waals surface area contributed by atoms with Gasteiger partial charge in [0.1, 0.15) is 0 Å². The van der Waals surface area contributed by atoms with Gasteiger partial charge in [0.2, 0.25) is 0 Å². The van der Waals surface area contributed by atoms with Gasteiger partial charge in [-0.3, -0.25) is 14.3 Å². The Morgan fingerprint density at radius 2 is 1.62 bits per heavy atom. The summed E-state index contributed by atoms with van der Waals surface area (Å²) in [7, 11) is 0. The van der Waals surface area contributed by atoms with E-state index in [1.54, 1.807) is 0 Å². The van der Waals surface area contributed by atoms with Crippen LogP contribution in [0.5, 0.6) is 0 Å². The van der Waals surface area contributed by atoms with E-state index in [-0.39, 0.29) is 12.2 Å². The van der Waals surface area contributed by atoms with Gasteiger partial charge in [-0.05, 0) is 57.7 Å². The predicted molar refractivity (Wildman–Crippen MR) is 128 cm³/mol. The zero-order valence-corrected chi connectivity index (χ0v) is 19.5. The number of benzene rings is 3. The molecule has 32 heavy (non-hydrogen) atoms. The van der Waals surface area contributed by atoms with Crippen LogP contribution in [0.4, 0.5) is 0 Å². The molecule has 0 unspecified atom stereocenters. The fourth-order valence-electron chi connectivity index (χ4n) is 3.96. The number of halogens is 1. The average molecular weight is 491 g/mol.